The highest BCUT2D eigenvalue weighted by molar-refractivity contribution is 6.30. The van der Waals surface area contributed by atoms with Crippen LogP contribution in [0.4, 0.5) is 0 Å². The summed E-state index contributed by atoms with van der Waals surface area (Å²) in [5.41, 5.74) is 2.60. The molecule has 0 aliphatic rings. The maximum atomic E-state index is 8.64. The van der Waals surface area contributed by atoms with Crippen molar-refractivity contribution >= 4 is 22.6 Å². The van der Waals surface area contributed by atoms with E-state index in [1.807, 2.05) is 25.1 Å². The molecule has 3 heteroatoms. The fourth-order valence-corrected chi connectivity index (χ4v) is 1.77. The quantitative estimate of drug-likeness (QED) is 0.715. The van der Waals surface area contributed by atoms with E-state index in [1.54, 1.807) is 0 Å². The number of aryl methyl sites for hydroxylation is 1. The molecule has 0 amide bonds. The molecule has 0 aliphatic carbocycles. The first-order valence-electron chi connectivity index (χ1n) is 4.27. The van der Waals surface area contributed by atoms with Crippen LogP contribution in [0.3, 0.4) is 0 Å². The van der Waals surface area contributed by atoms with E-state index in [2.05, 4.69) is 6.07 Å². The second-order valence-corrected chi connectivity index (χ2v) is 3.48. The summed E-state index contributed by atoms with van der Waals surface area (Å²) in [6, 6.07) is 7.89. The van der Waals surface area contributed by atoms with Crippen molar-refractivity contribution in [2.75, 3.05) is 0 Å². The minimum atomic E-state index is 0.287. The Hall–Kier alpha value is -1.46. The highest BCUT2D eigenvalue weighted by atomic mass is 35.5. The predicted molar refractivity (Wildman–Crippen MR) is 55.3 cm³/mol. The lowest BCUT2D eigenvalue weighted by Crippen LogP contribution is -1.79. The molecular weight excluding hydrogens is 198 g/mol. The van der Waals surface area contributed by atoms with E-state index in [9.17, 15) is 0 Å². The van der Waals surface area contributed by atoms with Gasteiger partial charge in [0.05, 0.1) is 12.5 Å². The fourth-order valence-electron chi connectivity index (χ4n) is 1.53. The number of benzene rings is 1. The van der Waals surface area contributed by atoms with Gasteiger partial charge >= 0.3 is 0 Å². The number of nitriles is 1. The number of para-hydroxylation sites is 1. The lowest BCUT2D eigenvalue weighted by Gasteiger charge is -1.93. The maximum Gasteiger partial charge on any atom is 0.198 e. The first kappa shape index (κ1) is 9.11. The van der Waals surface area contributed by atoms with Crippen molar-refractivity contribution in [1.29, 1.82) is 5.26 Å². The molecule has 0 saturated heterocycles. The molecule has 0 aliphatic heterocycles. The van der Waals surface area contributed by atoms with Crippen LogP contribution in [0, 0.1) is 18.3 Å². The molecule has 1 heterocycles. The van der Waals surface area contributed by atoms with E-state index in [0.29, 0.717) is 5.22 Å². The van der Waals surface area contributed by atoms with Crippen LogP contribution < -0.4 is 0 Å². The number of fused-ring (bicyclic) bond motifs is 1. The van der Waals surface area contributed by atoms with Gasteiger partial charge in [0.25, 0.3) is 0 Å². The van der Waals surface area contributed by atoms with Crippen LogP contribution >= 0.6 is 11.6 Å². The summed E-state index contributed by atoms with van der Waals surface area (Å²) in [7, 11) is 0. The monoisotopic (exact) mass is 205 g/mol. The van der Waals surface area contributed by atoms with Crippen molar-refractivity contribution in [3.63, 3.8) is 0 Å². The predicted octanol–water partition coefficient (Wildman–Crippen LogP) is 3.46. The van der Waals surface area contributed by atoms with Crippen molar-refractivity contribution in [2.45, 2.75) is 13.3 Å². The lowest BCUT2D eigenvalue weighted by atomic mass is 10.1. The first-order valence-corrected chi connectivity index (χ1v) is 4.65. The SMILES string of the molecule is Cc1cccc2c(CC#N)c(Cl)oc12. The smallest absolute Gasteiger partial charge is 0.198 e. The van der Waals surface area contributed by atoms with Crippen LogP contribution in [-0.4, -0.2) is 0 Å². The van der Waals surface area contributed by atoms with Crippen LogP contribution in [0.5, 0.6) is 0 Å². The Morgan fingerprint density at radius 1 is 1.50 bits per heavy atom. The zero-order valence-electron chi connectivity index (χ0n) is 7.67. The molecule has 0 atom stereocenters. The topological polar surface area (TPSA) is 36.9 Å². The second-order valence-electron chi connectivity index (χ2n) is 3.14. The van der Waals surface area contributed by atoms with Gasteiger partial charge in [0.2, 0.25) is 0 Å². The van der Waals surface area contributed by atoms with E-state index in [0.717, 1.165) is 22.1 Å². The molecule has 2 aromatic rings. The zero-order valence-corrected chi connectivity index (χ0v) is 8.43. The molecule has 0 unspecified atom stereocenters. The summed E-state index contributed by atoms with van der Waals surface area (Å²) in [5.74, 6) is 0. The molecule has 0 fully saturated rings. The molecular formula is C11H8ClNO. The van der Waals surface area contributed by atoms with Gasteiger partial charge in [0.1, 0.15) is 5.58 Å². The molecule has 2 nitrogen and oxygen atoms in total. The average molecular weight is 206 g/mol. The van der Waals surface area contributed by atoms with Gasteiger partial charge in [-0.05, 0) is 24.1 Å². The van der Waals surface area contributed by atoms with Gasteiger partial charge in [-0.2, -0.15) is 5.26 Å². The number of hydrogen-bond donors (Lipinski definition) is 0. The summed E-state index contributed by atoms with van der Waals surface area (Å²) in [6.45, 7) is 1.96. The van der Waals surface area contributed by atoms with E-state index in [-0.39, 0.29) is 6.42 Å². The third kappa shape index (κ3) is 1.26. The van der Waals surface area contributed by atoms with Crippen molar-refractivity contribution < 1.29 is 4.42 Å². The van der Waals surface area contributed by atoms with Gasteiger partial charge in [-0.15, -0.1) is 0 Å². The number of hydrogen-bond acceptors (Lipinski definition) is 2. The zero-order chi connectivity index (χ0) is 10.1. The fraction of sp³-hybridized carbons (Fsp3) is 0.182. The molecule has 70 valence electrons. The summed E-state index contributed by atoms with van der Waals surface area (Å²) >= 11 is 5.90. The maximum absolute atomic E-state index is 8.64. The number of furan rings is 1. The van der Waals surface area contributed by atoms with Crippen LogP contribution in [0.15, 0.2) is 22.6 Å². The van der Waals surface area contributed by atoms with E-state index >= 15 is 0 Å². The highest BCUT2D eigenvalue weighted by Crippen LogP contribution is 2.31. The third-order valence-electron chi connectivity index (χ3n) is 2.22. The van der Waals surface area contributed by atoms with Crippen molar-refractivity contribution in [3.8, 4) is 6.07 Å². The van der Waals surface area contributed by atoms with E-state index in [4.69, 9.17) is 21.3 Å². The molecule has 0 radical (unpaired) electrons. The van der Waals surface area contributed by atoms with Gasteiger partial charge < -0.3 is 4.42 Å². The van der Waals surface area contributed by atoms with E-state index in [1.165, 1.54) is 0 Å². The normalized spacial score (nSPS) is 10.4. The Morgan fingerprint density at radius 2 is 2.29 bits per heavy atom. The molecule has 0 N–H and O–H groups in total. The average Bonchev–Trinajstić information content (AvgIpc) is 2.47. The Labute approximate surface area is 86.7 Å². The van der Waals surface area contributed by atoms with Crippen LogP contribution in [-0.2, 0) is 6.42 Å². The molecule has 14 heavy (non-hydrogen) atoms. The molecule has 0 saturated carbocycles. The third-order valence-corrected chi connectivity index (χ3v) is 2.53. The molecule has 1 aromatic heterocycles. The summed E-state index contributed by atoms with van der Waals surface area (Å²) in [4.78, 5) is 0. The van der Waals surface area contributed by atoms with E-state index < -0.39 is 0 Å². The Morgan fingerprint density at radius 3 is 3.00 bits per heavy atom. The van der Waals surface area contributed by atoms with Crippen LogP contribution in [0.2, 0.25) is 5.22 Å². The van der Waals surface area contributed by atoms with Crippen LogP contribution in [0.25, 0.3) is 11.0 Å². The van der Waals surface area contributed by atoms with Gasteiger partial charge in [-0.3, -0.25) is 0 Å². The number of halogens is 1. The standard InChI is InChI=1S/C11H8ClNO/c1-7-3-2-4-8-9(5-6-13)11(12)14-10(7)8/h2-4H,5H2,1H3. The Kier molecular flexibility index (Phi) is 2.18. The lowest BCUT2D eigenvalue weighted by molar-refractivity contribution is 0.611. The largest absolute Gasteiger partial charge is 0.444 e. The van der Waals surface area contributed by atoms with Gasteiger partial charge in [-0.1, -0.05) is 18.2 Å². The van der Waals surface area contributed by atoms with Gasteiger partial charge in [-0.25, -0.2) is 0 Å². The summed E-state index contributed by atoms with van der Waals surface area (Å²) < 4.78 is 5.40. The molecule has 1 aromatic carbocycles. The van der Waals surface area contributed by atoms with Gasteiger partial charge in [0.15, 0.2) is 5.22 Å². The van der Waals surface area contributed by atoms with Crippen LogP contribution in [0.1, 0.15) is 11.1 Å². The Balaban J connectivity index is 2.78. The Bertz CT molecular complexity index is 522. The molecule has 0 spiro atoms. The molecule has 2 rings (SSSR count). The number of rotatable bonds is 1. The van der Waals surface area contributed by atoms with Crippen molar-refractivity contribution in [1.82, 2.24) is 0 Å². The summed E-state index contributed by atoms with van der Waals surface area (Å²) in [5, 5.41) is 9.91. The minimum Gasteiger partial charge on any atom is -0.444 e. The highest BCUT2D eigenvalue weighted by Gasteiger charge is 2.12. The van der Waals surface area contributed by atoms with Crippen molar-refractivity contribution in [2.24, 2.45) is 0 Å². The second kappa shape index (κ2) is 3.36. The number of nitrogens with zero attached hydrogens (tertiary/aromatic N) is 1. The first-order chi connectivity index (χ1) is 6.74. The summed E-state index contributed by atoms with van der Waals surface area (Å²) in [6.07, 6.45) is 0.287. The van der Waals surface area contributed by atoms with Gasteiger partial charge in [0, 0.05) is 10.9 Å². The minimum absolute atomic E-state index is 0.287. The molecule has 0 bridgehead atoms. The van der Waals surface area contributed by atoms with Crippen molar-refractivity contribution in [3.05, 3.63) is 34.5 Å².